The number of quaternary nitrogens is 2. The Bertz CT molecular complexity index is 504. The number of aliphatic carboxylic acids is 1. The van der Waals surface area contributed by atoms with Gasteiger partial charge in [-0.3, -0.25) is 0 Å². The van der Waals surface area contributed by atoms with Gasteiger partial charge in [0.25, 0.3) is 0 Å². The maximum Gasteiger partial charge on any atom is 0.330 e. The maximum atomic E-state index is 10.1. The maximum absolute atomic E-state index is 10.1. The van der Waals surface area contributed by atoms with E-state index in [1.54, 1.807) is 0 Å². The minimum Gasteiger partial charge on any atom is -0.478 e. The first-order valence-electron chi connectivity index (χ1n) is 19.1. The number of nitrogens with zero attached hydrogens (tertiary/aromatic N) is 2. The van der Waals surface area contributed by atoms with E-state index in [2.05, 4.69) is 76.0 Å². The Balaban J connectivity index is -0.000000594. The zero-order chi connectivity index (χ0) is 34.0. The van der Waals surface area contributed by atoms with Crippen molar-refractivity contribution >= 4 is 15.4 Å². The van der Waals surface area contributed by atoms with Gasteiger partial charge in [-0.1, -0.05) is 113 Å². The van der Waals surface area contributed by atoms with Crippen LogP contribution in [-0.4, -0.2) is 79.0 Å². The predicted octanol–water partition coefficient (Wildman–Crippen LogP) is 11.2. The SMILES string of the molecule is C=C(CCCOP)C(=O)O.CCCC[N+](CCCC)(CCCC)CCCC.CCCC[N+](CCCC)(CCCC)CCCC. The number of unbranched alkanes of at least 4 members (excludes halogenated alkanes) is 8. The number of hydrogen-bond donors (Lipinski definition) is 1. The molecule has 5 nitrogen and oxygen atoms in total. The first kappa shape index (κ1) is 47.9. The van der Waals surface area contributed by atoms with Crippen molar-refractivity contribution in [3.05, 3.63) is 12.2 Å². The van der Waals surface area contributed by atoms with Gasteiger partial charge in [-0.15, -0.1) is 0 Å². The van der Waals surface area contributed by atoms with Crippen molar-refractivity contribution in [1.29, 1.82) is 0 Å². The molecule has 0 aliphatic carbocycles. The Morgan fingerprint density at radius 2 is 0.750 bits per heavy atom. The average molecular weight is 647 g/mol. The van der Waals surface area contributed by atoms with E-state index in [-0.39, 0.29) is 5.57 Å². The lowest BCUT2D eigenvalue weighted by atomic mass is 10.1. The van der Waals surface area contributed by atoms with Crippen molar-refractivity contribution in [2.24, 2.45) is 0 Å². The molecule has 0 saturated heterocycles. The summed E-state index contributed by atoms with van der Waals surface area (Å²) >= 11 is 0. The highest BCUT2D eigenvalue weighted by molar-refractivity contribution is 7.09. The zero-order valence-corrected chi connectivity index (χ0v) is 32.7. The van der Waals surface area contributed by atoms with Crippen LogP contribution in [-0.2, 0) is 9.32 Å². The summed E-state index contributed by atoms with van der Waals surface area (Å²) in [5.41, 5.74) is 0.238. The molecule has 0 radical (unpaired) electrons. The van der Waals surface area contributed by atoms with Gasteiger partial charge in [-0.2, -0.15) is 0 Å². The quantitative estimate of drug-likeness (QED) is 0.0381. The predicted molar refractivity (Wildman–Crippen MR) is 200 cm³/mol. The highest BCUT2D eigenvalue weighted by Crippen LogP contribution is 2.17. The third kappa shape index (κ3) is 29.0. The number of carbonyl (C=O) groups is 1. The first-order chi connectivity index (χ1) is 21.2. The standard InChI is InChI=1S/2C16H36N.C6H11O3P/c2*1-5-9-13-17(14-10-6-2,15-11-7-3)16-12-8-4;1-5(6(7)8)3-2-4-9-10/h2*5-16H2,1-4H3;1-4,10H2,(H,7,8)/q2*+1;. The monoisotopic (exact) mass is 647 g/mol. The lowest BCUT2D eigenvalue weighted by molar-refractivity contribution is -0.929. The highest BCUT2D eigenvalue weighted by atomic mass is 31.0. The summed E-state index contributed by atoms with van der Waals surface area (Å²) < 4.78 is 7.49. The molecule has 1 N–H and O–H groups in total. The van der Waals surface area contributed by atoms with Gasteiger partial charge in [0.2, 0.25) is 0 Å². The van der Waals surface area contributed by atoms with Crippen LogP contribution in [0, 0.1) is 0 Å². The van der Waals surface area contributed by atoms with Gasteiger partial charge in [0.05, 0.1) is 59.0 Å². The molecule has 0 heterocycles. The number of rotatable bonds is 29. The van der Waals surface area contributed by atoms with Crippen LogP contribution in [0.2, 0.25) is 0 Å². The topological polar surface area (TPSA) is 46.5 Å². The van der Waals surface area contributed by atoms with E-state index in [4.69, 9.17) is 5.11 Å². The fraction of sp³-hybridized carbons (Fsp3) is 0.921. The van der Waals surface area contributed by atoms with Gasteiger partial charge < -0.3 is 18.6 Å². The van der Waals surface area contributed by atoms with E-state index in [0.29, 0.717) is 19.4 Å². The van der Waals surface area contributed by atoms with Crippen molar-refractivity contribution in [1.82, 2.24) is 0 Å². The molecule has 0 aromatic heterocycles. The van der Waals surface area contributed by atoms with Gasteiger partial charge in [-0.25, -0.2) is 4.79 Å². The second-order valence-corrected chi connectivity index (χ2v) is 13.5. The van der Waals surface area contributed by atoms with Crippen LogP contribution in [0.1, 0.15) is 171 Å². The van der Waals surface area contributed by atoms with Gasteiger partial charge in [0, 0.05) is 15.0 Å². The molecule has 6 heteroatoms. The van der Waals surface area contributed by atoms with Crippen molar-refractivity contribution in [3.63, 3.8) is 0 Å². The summed E-state index contributed by atoms with van der Waals surface area (Å²) in [6.45, 7) is 34.0. The Labute approximate surface area is 280 Å². The zero-order valence-electron chi connectivity index (χ0n) is 31.5. The van der Waals surface area contributed by atoms with E-state index in [9.17, 15) is 4.79 Å². The fourth-order valence-electron chi connectivity index (χ4n) is 5.77. The molecule has 0 aromatic rings. The van der Waals surface area contributed by atoms with Gasteiger partial charge in [0.15, 0.2) is 0 Å². The number of carboxylic acids is 1. The molecular weight excluding hydrogens is 563 g/mol. The van der Waals surface area contributed by atoms with Gasteiger partial charge in [-0.05, 0) is 64.2 Å². The van der Waals surface area contributed by atoms with Gasteiger partial charge in [0.1, 0.15) is 0 Å². The summed E-state index contributed by atoms with van der Waals surface area (Å²) in [5.74, 6) is -0.927. The smallest absolute Gasteiger partial charge is 0.330 e. The molecular formula is C38H83N2O3P+2. The number of carboxylic acid groups (broad SMARTS) is 1. The molecule has 266 valence electrons. The normalized spacial score (nSPS) is 11.4. The van der Waals surface area contributed by atoms with Gasteiger partial charge >= 0.3 is 5.97 Å². The molecule has 44 heavy (non-hydrogen) atoms. The third-order valence-electron chi connectivity index (χ3n) is 8.93. The molecule has 0 aliphatic rings. The van der Waals surface area contributed by atoms with Crippen LogP contribution in [0.4, 0.5) is 0 Å². The molecule has 0 aromatic carbocycles. The van der Waals surface area contributed by atoms with Crippen LogP contribution in [0.5, 0.6) is 0 Å². The number of hydrogen-bond acceptors (Lipinski definition) is 2. The fourth-order valence-corrected chi connectivity index (χ4v) is 5.93. The Morgan fingerprint density at radius 3 is 0.909 bits per heavy atom. The van der Waals surface area contributed by atoms with E-state index in [1.165, 1.54) is 164 Å². The molecule has 0 aliphatic heterocycles. The van der Waals surface area contributed by atoms with Crippen LogP contribution in [0.25, 0.3) is 0 Å². The van der Waals surface area contributed by atoms with E-state index in [1.807, 2.05) is 0 Å². The second-order valence-electron chi connectivity index (χ2n) is 13.2. The summed E-state index contributed by atoms with van der Waals surface area (Å²) in [6, 6.07) is 0. The molecule has 0 rings (SSSR count). The molecule has 0 amide bonds. The lowest BCUT2D eigenvalue weighted by Gasteiger charge is -2.39. The largest absolute Gasteiger partial charge is 0.478 e. The highest BCUT2D eigenvalue weighted by Gasteiger charge is 2.25. The van der Waals surface area contributed by atoms with Crippen LogP contribution < -0.4 is 0 Å². The van der Waals surface area contributed by atoms with Crippen LogP contribution in [0.15, 0.2) is 12.2 Å². The van der Waals surface area contributed by atoms with E-state index >= 15 is 0 Å². The lowest BCUT2D eigenvalue weighted by Crippen LogP contribution is -2.50. The average Bonchev–Trinajstić information content (AvgIpc) is 3.04. The summed E-state index contributed by atoms with van der Waals surface area (Å²) in [6.07, 6.45) is 23.3. The molecule has 1 unspecified atom stereocenters. The minimum atomic E-state index is -0.927. The van der Waals surface area contributed by atoms with E-state index in [0.717, 1.165) is 0 Å². The molecule has 0 saturated carbocycles. The van der Waals surface area contributed by atoms with Crippen molar-refractivity contribution in [2.75, 3.05) is 59.0 Å². The third-order valence-corrected chi connectivity index (χ3v) is 9.17. The van der Waals surface area contributed by atoms with E-state index < -0.39 is 5.97 Å². The van der Waals surface area contributed by atoms with Crippen LogP contribution >= 0.6 is 9.47 Å². The molecule has 1 atom stereocenters. The Kier molecular flexibility index (Phi) is 38.5. The molecule has 0 bridgehead atoms. The Hall–Kier alpha value is -0.480. The minimum absolute atomic E-state index is 0.238. The van der Waals surface area contributed by atoms with Crippen molar-refractivity contribution < 1.29 is 23.4 Å². The summed E-state index contributed by atoms with van der Waals surface area (Å²) in [7, 11) is 2.11. The second kappa shape index (κ2) is 35.4. The van der Waals surface area contributed by atoms with Crippen molar-refractivity contribution in [2.45, 2.75) is 171 Å². The molecule has 0 spiro atoms. The first-order valence-corrected chi connectivity index (χ1v) is 19.6. The summed E-state index contributed by atoms with van der Waals surface area (Å²) in [5, 5.41) is 8.34. The molecule has 0 fully saturated rings. The van der Waals surface area contributed by atoms with Crippen molar-refractivity contribution in [3.8, 4) is 0 Å². The van der Waals surface area contributed by atoms with Crippen LogP contribution in [0.3, 0.4) is 0 Å². The summed E-state index contributed by atoms with van der Waals surface area (Å²) in [4.78, 5) is 10.1. The Morgan fingerprint density at radius 1 is 0.523 bits per heavy atom.